The summed E-state index contributed by atoms with van der Waals surface area (Å²) in [5.74, 6) is 6.84. The maximum absolute atomic E-state index is 5.72. The molecule has 0 aromatic heterocycles. The van der Waals surface area contributed by atoms with Crippen LogP contribution in [0.5, 0.6) is 11.5 Å². The van der Waals surface area contributed by atoms with Crippen LogP contribution in [0.3, 0.4) is 0 Å². The van der Waals surface area contributed by atoms with Crippen LogP contribution in [-0.4, -0.2) is 38.6 Å². The normalized spacial score (nSPS) is 29.5. The molecule has 2 saturated heterocycles. The third kappa shape index (κ3) is 6.93. The Morgan fingerprint density at radius 1 is 0.605 bits per heavy atom. The number of benzene rings is 2. The number of rotatable bonds is 6. The maximum Gasteiger partial charge on any atom is 0.125 e. The lowest BCUT2D eigenvalue weighted by atomic mass is 9.82. The van der Waals surface area contributed by atoms with Gasteiger partial charge in [-0.2, -0.15) is 0 Å². The first-order valence-electron chi connectivity index (χ1n) is 14.9. The van der Waals surface area contributed by atoms with Gasteiger partial charge in [0.05, 0.1) is 13.2 Å². The third-order valence-electron chi connectivity index (χ3n) is 9.19. The summed E-state index contributed by atoms with van der Waals surface area (Å²) < 4.78 is 21.7. The summed E-state index contributed by atoms with van der Waals surface area (Å²) in [6.07, 6.45) is 10.2. The second-order valence-corrected chi connectivity index (χ2v) is 12.6. The van der Waals surface area contributed by atoms with E-state index in [0.717, 1.165) is 24.7 Å². The van der Waals surface area contributed by atoms with E-state index < -0.39 is 0 Å². The number of ether oxygens (including phenoxy) is 4. The van der Waals surface area contributed by atoms with Crippen LogP contribution in [0.1, 0.15) is 71.9 Å². The number of aryl methyl sites for hydroxylation is 6. The average molecular weight is 521 g/mol. The second-order valence-electron chi connectivity index (χ2n) is 12.6. The monoisotopic (exact) mass is 520 g/mol. The van der Waals surface area contributed by atoms with Gasteiger partial charge in [0.25, 0.3) is 0 Å². The third-order valence-corrected chi connectivity index (χ3v) is 9.19. The Hall–Kier alpha value is -2.04. The average Bonchev–Trinajstić information content (AvgIpc) is 3.71. The van der Waals surface area contributed by atoms with Crippen LogP contribution in [0.4, 0.5) is 0 Å². The van der Waals surface area contributed by atoms with Crippen molar-refractivity contribution in [2.24, 2.45) is 23.7 Å². The van der Waals surface area contributed by atoms with Crippen molar-refractivity contribution >= 4 is 0 Å². The van der Waals surface area contributed by atoms with E-state index in [4.69, 9.17) is 18.9 Å². The molecule has 5 fully saturated rings. The quantitative estimate of drug-likeness (QED) is 0.368. The molecule has 5 aliphatic rings. The molecule has 2 heterocycles. The van der Waals surface area contributed by atoms with Crippen LogP contribution >= 0.6 is 0 Å². The number of hydrogen-bond acceptors (Lipinski definition) is 4. The Balaban J connectivity index is 0.000000117. The summed E-state index contributed by atoms with van der Waals surface area (Å²) in [7, 11) is 0. The number of fused-ring (bicyclic) bond motifs is 5. The maximum atomic E-state index is 5.72. The van der Waals surface area contributed by atoms with Crippen LogP contribution in [-0.2, 0) is 9.47 Å². The van der Waals surface area contributed by atoms with Crippen molar-refractivity contribution in [2.45, 2.75) is 92.3 Å². The van der Waals surface area contributed by atoms with Gasteiger partial charge in [-0.1, -0.05) is 41.8 Å². The molecule has 6 atom stereocenters. The molecule has 0 radical (unpaired) electrons. The first-order valence-corrected chi connectivity index (χ1v) is 14.9. The lowest BCUT2D eigenvalue weighted by molar-refractivity contribution is 0.259. The van der Waals surface area contributed by atoms with Crippen LogP contribution < -0.4 is 9.47 Å². The van der Waals surface area contributed by atoms with Crippen molar-refractivity contribution in [1.82, 2.24) is 0 Å². The van der Waals surface area contributed by atoms with E-state index in [0.29, 0.717) is 25.4 Å². The molecule has 4 heteroatoms. The highest BCUT2D eigenvalue weighted by atomic mass is 16.6. The van der Waals surface area contributed by atoms with Gasteiger partial charge >= 0.3 is 0 Å². The summed E-state index contributed by atoms with van der Waals surface area (Å²) in [5.41, 5.74) is 7.42. The fourth-order valence-corrected chi connectivity index (χ4v) is 7.49. The molecule has 6 unspecified atom stereocenters. The fourth-order valence-electron chi connectivity index (χ4n) is 7.49. The molecule has 2 bridgehead atoms. The van der Waals surface area contributed by atoms with Crippen LogP contribution in [0.15, 0.2) is 24.3 Å². The van der Waals surface area contributed by atoms with Gasteiger partial charge < -0.3 is 18.9 Å². The zero-order valence-corrected chi connectivity index (χ0v) is 24.5. The van der Waals surface area contributed by atoms with Gasteiger partial charge in [0.1, 0.15) is 36.9 Å². The predicted octanol–water partition coefficient (Wildman–Crippen LogP) is 7.61. The van der Waals surface area contributed by atoms with Crippen LogP contribution in [0.2, 0.25) is 0 Å². The van der Waals surface area contributed by atoms with Gasteiger partial charge in [-0.3, -0.25) is 0 Å². The van der Waals surface area contributed by atoms with E-state index >= 15 is 0 Å². The smallest absolute Gasteiger partial charge is 0.125 e. The van der Waals surface area contributed by atoms with Crippen molar-refractivity contribution in [3.63, 3.8) is 0 Å². The summed E-state index contributed by atoms with van der Waals surface area (Å²) in [4.78, 5) is 0. The Kier molecular flexibility index (Phi) is 8.69. The molecule has 3 aliphatic carbocycles. The van der Waals surface area contributed by atoms with Crippen molar-refractivity contribution in [1.29, 1.82) is 0 Å². The van der Waals surface area contributed by atoms with Crippen molar-refractivity contribution < 1.29 is 18.9 Å². The zero-order chi connectivity index (χ0) is 26.8. The first-order chi connectivity index (χ1) is 18.3. The Morgan fingerprint density at radius 3 is 1.32 bits per heavy atom. The van der Waals surface area contributed by atoms with Crippen LogP contribution in [0.25, 0.3) is 0 Å². The standard InChI is InChI=1S/2C12H16O2.C10H16/c2*1-8-4-9(2)12(10(3)5-8)14-7-11-6-13-11;1-2-9-7-4-5-8(6-7)10(9)3-1/h2*4-5,11H,6-7H2,1-3H3;7-10H,1-6H2. The number of hydrogen-bond donors (Lipinski definition) is 0. The van der Waals surface area contributed by atoms with E-state index in [2.05, 4.69) is 65.8 Å². The zero-order valence-electron chi connectivity index (χ0n) is 24.5. The Labute approximate surface area is 230 Å². The highest BCUT2D eigenvalue weighted by Gasteiger charge is 2.48. The van der Waals surface area contributed by atoms with Crippen molar-refractivity contribution in [2.75, 3.05) is 26.4 Å². The molecular weight excluding hydrogens is 472 g/mol. The van der Waals surface area contributed by atoms with E-state index in [1.54, 1.807) is 38.5 Å². The van der Waals surface area contributed by atoms with E-state index in [9.17, 15) is 0 Å². The Morgan fingerprint density at radius 2 is 0.974 bits per heavy atom. The first kappa shape index (κ1) is 27.5. The second kappa shape index (κ2) is 12.0. The molecular formula is C34H48O4. The minimum atomic E-state index is 0.329. The van der Waals surface area contributed by atoms with Gasteiger partial charge in [-0.05, 0) is 120 Å². The highest BCUT2D eigenvalue weighted by molar-refractivity contribution is 5.43. The lowest BCUT2D eigenvalue weighted by Crippen LogP contribution is -2.15. The van der Waals surface area contributed by atoms with Gasteiger partial charge in [0.2, 0.25) is 0 Å². The van der Waals surface area contributed by atoms with E-state index in [1.807, 2.05) is 0 Å². The highest BCUT2D eigenvalue weighted by Crippen LogP contribution is 2.58. The molecule has 3 saturated carbocycles. The molecule has 4 nitrogen and oxygen atoms in total. The minimum absolute atomic E-state index is 0.329. The minimum Gasteiger partial charge on any atom is -0.490 e. The predicted molar refractivity (Wildman–Crippen MR) is 153 cm³/mol. The molecule has 2 aliphatic heterocycles. The van der Waals surface area contributed by atoms with Crippen molar-refractivity contribution in [3.8, 4) is 11.5 Å². The van der Waals surface area contributed by atoms with Gasteiger partial charge in [0.15, 0.2) is 0 Å². The molecule has 0 amide bonds. The van der Waals surface area contributed by atoms with Crippen LogP contribution in [0, 0.1) is 65.2 Å². The summed E-state index contributed by atoms with van der Waals surface area (Å²) in [6, 6.07) is 8.60. The Bertz CT molecular complexity index is 968. The summed E-state index contributed by atoms with van der Waals surface area (Å²) >= 11 is 0. The largest absolute Gasteiger partial charge is 0.490 e. The summed E-state index contributed by atoms with van der Waals surface area (Å²) in [6.45, 7) is 15.6. The molecule has 2 aromatic carbocycles. The molecule has 38 heavy (non-hydrogen) atoms. The molecule has 0 spiro atoms. The molecule has 0 N–H and O–H groups in total. The van der Waals surface area contributed by atoms with E-state index in [-0.39, 0.29) is 0 Å². The van der Waals surface area contributed by atoms with Gasteiger partial charge in [0, 0.05) is 0 Å². The van der Waals surface area contributed by atoms with Gasteiger partial charge in [-0.15, -0.1) is 0 Å². The van der Waals surface area contributed by atoms with E-state index in [1.165, 1.54) is 57.1 Å². The van der Waals surface area contributed by atoms with Gasteiger partial charge in [-0.25, -0.2) is 0 Å². The summed E-state index contributed by atoms with van der Waals surface area (Å²) in [5, 5.41) is 0. The number of epoxide rings is 2. The fraction of sp³-hybridized carbons (Fsp3) is 0.647. The molecule has 208 valence electrons. The SMILES string of the molecule is C1CC2C3CCC(C3)C2C1.Cc1cc(C)c(OCC2CO2)c(C)c1.Cc1cc(C)c(OCC2CO2)c(C)c1. The topological polar surface area (TPSA) is 43.5 Å². The van der Waals surface area contributed by atoms with Crippen molar-refractivity contribution in [3.05, 3.63) is 57.6 Å². The lowest BCUT2D eigenvalue weighted by Gasteiger charge is -2.23. The molecule has 7 rings (SSSR count). The molecule has 2 aromatic rings.